The van der Waals surface area contributed by atoms with E-state index in [4.69, 9.17) is 5.26 Å². The summed E-state index contributed by atoms with van der Waals surface area (Å²) in [4.78, 5) is 11.6. The number of nitriles is 2. The topological polar surface area (TPSA) is 107 Å². The van der Waals surface area contributed by atoms with E-state index >= 15 is 0 Å². The minimum absolute atomic E-state index is 0.158. The fourth-order valence-electron chi connectivity index (χ4n) is 3.13. The zero-order valence-corrected chi connectivity index (χ0v) is 12.4. The van der Waals surface area contributed by atoms with Gasteiger partial charge in [0, 0.05) is 23.3 Å². The molecule has 23 heavy (non-hydrogen) atoms. The lowest BCUT2D eigenvalue weighted by Gasteiger charge is -2.17. The fraction of sp³-hybridized carbons (Fsp3) is 0.312. The van der Waals surface area contributed by atoms with E-state index in [9.17, 15) is 5.26 Å². The third-order valence-corrected chi connectivity index (χ3v) is 4.74. The Morgan fingerprint density at radius 3 is 3.04 bits per heavy atom. The first-order chi connectivity index (χ1) is 11.2. The summed E-state index contributed by atoms with van der Waals surface area (Å²) >= 11 is 0. The highest BCUT2D eigenvalue weighted by molar-refractivity contribution is 5.89. The van der Waals surface area contributed by atoms with Crippen molar-refractivity contribution in [1.82, 2.24) is 24.7 Å². The van der Waals surface area contributed by atoms with E-state index in [1.54, 1.807) is 10.9 Å². The minimum atomic E-state index is -0.632. The molecule has 112 valence electrons. The Bertz CT molecular complexity index is 970. The minimum Gasteiger partial charge on any atom is -0.346 e. The van der Waals surface area contributed by atoms with E-state index in [-0.39, 0.29) is 12.0 Å². The van der Waals surface area contributed by atoms with Gasteiger partial charge < -0.3 is 4.98 Å². The average molecular weight is 303 g/mol. The van der Waals surface area contributed by atoms with Crippen molar-refractivity contribution in [1.29, 1.82) is 10.5 Å². The highest BCUT2D eigenvalue weighted by atomic mass is 15.3. The lowest BCUT2D eigenvalue weighted by atomic mass is 9.97. The number of aromatic nitrogens is 5. The molecule has 1 N–H and O–H groups in total. The molecule has 1 saturated carbocycles. The highest BCUT2D eigenvalue weighted by Gasteiger charge is 2.60. The van der Waals surface area contributed by atoms with E-state index in [0.717, 1.165) is 22.3 Å². The van der Waals surface area contributed by atoms with Crippen LogP contribution in [0.4, 0.5) is 0 Å². The first-order valence-electron chi connectivity index (χ1n) is 7.33. The molecule has 0 aliphatic heterocycles. The van der Waals surface area contributed by atoms with Gasteiger partial charge in [-0.05, 0) is 19.4 Å². The largest absolute Gasteiger partial charge is 0.346 e. The van der Waals surface area contributed by atoms with E-state index < -0.39 is 5.41 Å². The number of fused-ring (bicyclic) bond motifs is 1. The third-order valence-electron chi connectivity index (χ3n) is 4.74. The molecular formula is C16H13N7. The van der Waals surface area contributed by atoms with Crippen molar-refractivity contribution in [3.8, 4) is 23.4 Å². The van der Waals surface area contributed by atoms with Gasteiger partial charge in [-0.25, -0.2) is 9.97 Å². The molecule has 0 amide bonds. The smallest absolute Gasteiger partial charge is 0.141 e. The van der Waals surface area contributed by atoms with Gasteiger partial charge in [-0.15, -0.1) is 0 Å². The molecule has 3 aromatic rings. The molecule has 0 aromatic carbocycles. The van der Waals surface area contributed by atoms with Crippen molar-refractivity contribution < 1.29 is 0 Å². The summed E-state index contributed by atoms with van der Waals surface area (Å²) in [7, 11) is 0. The van der Waals surface area contributed by atoms with Gasteiger partial charge in [-0.1, -0.05) is 0 Å². The summed E-state index contributed by atoms with van der Waals surface area (Å²) in [5, 5.41) is 23.9. The Balaban J connectivity index is 1.72. The maximum Gasteiger partial charge on any atom is 0.141 e. The van der Waals surface area contributed by atoms with Gasteiger partial charge in [0.15, 0.2) is 0 Å². The van der Waals surface area contributed by atoms with Crippen LogP contribution < -0.4 is 0 Å². The molecule has 1 fully saturated rings. The number of nitrogens with one attached hydrogen (secondary N) is 1. The van der Waals surface area contributed by atoms with E-state index in [1.807, 2.05) is 25.4 Å². The molecule has 3 unspecified atom stereocenters. The maximum absolute atomic E-state index is 9.46. The standard InChI is InChI=1S/C16H13N7/c1-10(16(8-18)4-12(16)5-17)23-7-11(6-22-23)14-13-2-3-19-15(13)21-9-20-14/h2-3,6-7,9-10,12H,4H2,1H3,(H,19,20,21). The van der Waals surface area contributed by atoms with Crippen molar-refractivity contribution in [3.05, 3.63) is 31.0 Å². The summed E-state index contributed by atoms with van der Waals surface area (Å²) in [6.07, 6.45) is 7.55. The first-order valence-corrected chi connectivity index (χ1v) is 7.33. The molecule has 7 heteroatoms. The predicted molar refractivity (Wildman–Crippen MR) is 81.6 cm³/mol. The Hall–Kier alpha value is -3.19. The fourth-order valence-corrected chi connectivity index (χ4v) is 3.13. The number of H-pyrrole nitrogens is 1. The highest BCUT2D eigenvalue weighted by Crippen LogP contribution is 2.58. The summed E-state index contributed by atoms with van der Waals surface area (Å²) in [6, 6.07) is 6.28. The SMILES string of the molecule is CC(n1cc(-c2ncnc3[nH]ccc23)cn1)C1(C#N)CC1C#N. The molecule has 1 aliphatic carbocycles. The lowest BCUT2D eigenvalue weighted by molar-refractivity contribution is 0.361. The molecule has 4 rings (SSSR count). The Morgan fingerprint density at radius 1 is 1.43 bits per heavy atom. The van der Waals surface area contributed by atoms with Crippen molar-refractivity contribution in [3.63, 3.8) is 0 Å². The summed E-state index contributed by atoms with van der Waals surface area (Å²) in [5.74, 6) is -0.217. The molecule has 3 heterocycles. The number of hydrogen-bond donors (Lipinski definition) is 1. The summed E-state index contributed by atoms with van der Waals surface area (Å²) < 4.78 is 1.76. The maximum atomic E-state index is 9.46. The first kappa shape index (κ1) is 13.5. The van der Waals surface area contributed by atoms with Crippen molar-refractivity contribution in [2.75, 3.05) is 0 Å². The van der Waals surface area contributed by atoms with Crippen LogP contribution in [0.5, 0.6) is 0 Å². The van der Waals surface area contributed by atoms with Crippen LogP contribution in [0.2, 0.25) is 0 Å². The Labute approximate surface area is 132 Å². The zero-order valence-electron chi connectivity index (χ0n) is 12.4. The molecule has 3 atom stereocenters. The number of hydrogen-bond acceptors (Lipinski definition) is 5. The van der Waals surface area contributed by atoms with Crippen LogP contribution in [-0.2, 0) is 0 Å². The van der Waals surface area contributed by atoms with Gasteiger partial charge in [0.25, 0.3) is 0 Å². The third kappa shape index (κ3) is 1.84. The summed E-state index contributed by atoms with van der Waals surface area (Å²) in [5.41, 5.74) is 1.81. The zero-order chi connectivity index (χ0) is 16.0. The summed E-state index contributed by atoms with van der Waals surface area (Å²) in [6.45, 7) is 1.93. The lowest BCUT2D eigenvalue weighted by Crippen LogP contribution is -2.18. The van der Waals surface area contributed by atoms with Gasteiger partial charge in [0.05, 0.1) is 41.4 Å². The Morgan fingerprint density at radius 2 is 2.30 bits per heavy atom. The molecule has 7 nitrogen and oxygen atoms in total. The molecule has 3 aromatic heterocycles. The molecule has 0 spiro atoms. The number of nitrogens with zero attached hydrogens (tertiary/aromatic N) is 6. The Kier molecular flexibility index (Phi) is 2.73. The van der Waals surface area contributed by atoms with Gasteiger partial charge >= 0.3 is 0 Å². The van der Waals surface area contributed by atoms with Crippen molar-refractivity contribution >= 4 is 11.0 Å². The molecule has 0 radical (unpaired) electrons. The second-order valence-electron chi connectivity index (χ2n) is 5.89. The van der Waals surface area contributed by atoms with Crippen LogP contribution in [0.1, 0.15) is 19.4 Å². The van der Waals surface area contributed by atoms with Crippen molar-refractivity contribution in [2.24, 2.45) is 11.3 Å². The quantitative estimate of drug-likeness (QED) is 0.799. The molecule has 0 bridgehead atoms. The molecule has 0 saturated heterocycles. The number of aromatic amines is 1. The van der Waals surface area contributed by atoms with E-state index in [2.05, 4.69) is 32.2 Å². The van der Waals surface area contributed by atoms with Crippen LogP contribution in [-0.4, -0.2) is 24.7 Å². The average Bonchev–Trinajstić information content (AvgIpc) is 2.94. The van der Waals surface area contributed by atoms with Gasteiger partial charge in [-0.2, -0.15) is 15.6 Å². The molecule has 1 aliphatic rings. The van der Waals surface area contributed by atoms with Crippen LogP contribution in [0.15, 0.2) is 31.0 Å². The van der Waals surface area contributed by atoms with Crippen LogP contribution >= 0.6 is 0 Å². The van der Waals surface area contributed by atoms with Gasteiger partial charge in [-0.3, -0.25) is 4.68 Å². The second-order valence-corrected chi connectivity index (χ2v) is 5.89. The predicted octanol–water partition coefficient (Wildman–Crippen LogP) is 2.44. The van der Waals surface area contributed by atoms with E-state index in [0.29, 0.717) is 6.42 Å². The normalized spacial score (nSPS) is 24.0. The van der Waals surface area contributed by atoms with Gasteiger partial charge in [0.2, 0.25) is 0 Å². The van der Waals surface area contributed by atoms with Crippen LogP contribution in [0.25, 0.3) is 22.3 Å². The molecular weight excluding hydrogens is 290 g/mol. The monoisotopic (exact) mass is 303 g/mol. The van der Waals surface area contributed by atoms with Crippen LogP contribution in [0.3, 0.4) is 0 Å². The van der Waals surface area contributed by atoms with Crippen molar-refractivity contribution in [2.45, 2.75) is 19.4 Å². The van der Waals surface area contributed by atoms with Crippen LogP contribution in [0, 0.1) is 34.0 Å². The van der Waals surface area contributed by atoms with E-state index in [1.165, 1.54) is 6.33 Å². The van der Waals surface area contributed by atoms with Gasteiger partial charge in [0.1, 0.15) is 12.0 Å². The second kappa shape index (κ2) is 4.65. The number of rotatable bonds is 3.